The van der Waals surface area contributed by atoms with Gasteiger partial charge in [0.25, 0.3) is 5.91 Å². The zero-order valence-electron chi connectivity index (χ0n) is 15.2. The number of benzene rings is 1. The van der Waals surface area contributed by atoms with Crippen molar-refractivity contribution in [1.29, 1.82) is 0 Å². The van der Waals surface area contributed by atoms with Crippen LogP contribution < -0.4 is 10.6 Å². The molecule has 1 aliphatic rings. The monoisotopic (exact) mass is 420 g/mol. The van der Waals surface area contributed by atoms with Crippen molar-refractivity contribution in [2.45, 2.75) is 6.42 Å². The van der Waals surface area contributed by atoms with Crippen LogP contribution in [0.5, 0.6) is 0 Å². The Balaban J connectivity index is 1.47. The zero-order chi connectivity index (χ0) is 19.9. The Morgan fingerprint density at radius 1 is 1.07 bits per heavy atom. The van der Waals surface area contributed by atoms with E-state index in [0.29, 0.717) is 48.9 Å². The van der Waals surface area contributed by atoms with Gasteiger partial charge < -0.3 is 20.4 Å². The number of anilines is 1. The van der Waals surface area contributed by atoms with Crippen LogP contribution in [0.3, 0.4) is 0 Å². The summed E-state index contributed by atoms with van der Waals surface area (Å²) in [4.78, 5) is 40.2. The van der Waals surface area contributed by atoms with E-state index in [9.17, 15) is 14.4 Å². The van der Waals surface area contributed by atoms with Crippen molar-refractivity contribution in [3.8, 4) is 0 Å². The highest BCUT2D eigenvalue weighted by Gasteiger charge is 2.22. The van der Waals surface area contributed by atoms with Crippen LogP contribution in [0.2, 0.25) is 5.02 Å². The van der Waals surface area contributed by atoms with E-state index in [1.165, 1.54) is 11.3 Å². The summed E-state index contributed by atoms with van der Waals surface area (Å²) in [6.45, 7) is 1.90. The van der Waals surface area contributed by atoms with Crippen LogP contribution in [0.4, 0.5) is 10.5 Å². The highest BCUT2D eigenvalue weighted by Crippen LogP contribution is 2.16. The van der Waals surface area contributed by atoms with Crippen LogP contribution in [0.1, 0.15) is 16.8 Å². The summed E-state index contributed by atoms with van der Waals surface area (Å²) >= 11 is 7.37. The molecule has 2 aromatic rings. The molecule has 3 rings (SSSR count). The molecule has 1 aromatic heterocycles. The molecule has 148 valence electrons. The third-order valence-corrected chi connectivity index (χ3v) is 5.31. The Morgan fingerprint density at radius 3 is 2.61 bits per heavy atom. The van der Waals surface area contributed by atoms with Crippen LogP contribution >= 0.6 is 22.9 Å². The number of rotatable bonds is 4. The molecule has 0 bridgehead atoms. The minimum atomic E-state index is -0.257. The van der Waals surface area contributed by atoms with Crippen molar-refractivity contribution >= 4 is 46.5 Å². The van der Waals surface area contributed by atoms with Crippen LogP contribution in [0, 0.1) is 0 Å². The van der Waals surface area contributed by atoms with Crippen LogP contribution in [-0.4, -0.2) is 60.4 Å². The highest BCUT2D eigenvalue weighted by atomic mass is 35.5. The predicted octanol–water partition coefficient (Wildman–Crippen LogP) is 2.90. The van der Waals surface area contributed by atoms with E-state index in [1.807, 2.05) is 5.38 Å². The molecule has 0 spiro atoms. The van der Waals surface area contributed by atoms with E-state index >= 15 is 0 Å². The second kappa shape index (κ2) is 9.57. The molecule has 0 unspecified atom stereocenters. The van der Waals surface area contributed by atoms with Crippen LogP contribution in [0.15, 0.2) is 41.1 Å². The van der Waals surface area contributed by atoms with Crippen molar-refractivity contribution in [2.24, 2.45) is 0 Å². The number of carbonyl (C=O) groups excluding carboxylic acids is 3. The number of nitrogens with one attached hydrogen (secondary N) is 2. The second-order valence-electron chi connectivity index (χ2n) is 6.36. The first-order valence-electron chi connectivity index (χ1n) is 8.92. The molecule has 28 heavy (non-hydrogen) atoms. The maximum Gasteiger partial charge on any atom is 0.321 e. The number of nitrogens with zero attached hydrogens (tertiary/aromatic N) is 2. The molecule has 1 aliphatic heterocycles. The van der Waals surface area contributed by atoms with Gasteiger partial charge in [0.05, 0.1) is 6.54 Å². The lowest BCUT2D eigenvalue weighted by molar-refractivity contribution is -0.129. The first kappa shape index (κ1) is 20.2. The van der Waals surface area contributed by atoms with Gasteiger partial charge in [-0.1, -0.05) is 17.7 Å². The maximum absolute atomic E-state index is 12.5. The largest absolute Gasteiger partial charge is 0.343 e. The fourth-order valence-electron chi connectivity index (χ4n) is 2.90. The molecule has 1 aromatic carbocycles. The van der Waals surface area contributed by atoms with E-state index in [0.717, 1.165) is 0 Å². The van der Waals surface area contributed by atoms with Gasteiger partial charge in [0.15, 0.2) is 0 Å². The molecular weight excluding hydrogens is 400 g/mol. The third-order valence-electron chi connectivity index (χ3n) is 4.40. The van der Waals surface area contributed by atoms with Crippen molar-refractivity contribution in [3.05, 3.63) is 51.7 Å². The fraction of sp³-hybridized carbons (Fsp3) is 0.316. The summed E-state index contributed by atoms with van der Waals surface area (Å²) in [5, 5.41) is 9.57. The third kappa shape index (κ3) is 5.46. The molecule has 1 fully saturated rings. The molecule has 4 amide bonds. The summed E-state index contributed by atoms with van der Waals surface area (Å²) in [7, 11) is 0. The van der Waals surface area contributed by atoms with E-state index < -0.39 is 0 Å². The molecule has 9 heteroatoms. The minimum Gasteiger partial charge on any atom is -0.343 e. The van der Waals surface area contributed by atoms with Gasteiger partial charge >= 0.3 is 6.03 Å². The number of halogens is 1. The summed E-state index contributed by atoms with van der Waals surface area (Å²) in [6.07, 6.45) is 0.674. The molecule has 2 N–H and O–H groups in total. The fourth-order valence-corrected chi connectivity index (χ4v) is 3.73. The summed E-state index contributed by atoms with van der Waals surface area (Å²) in [5.41, 5.74) is 1.18. The topological polar surface area (TPSA) is 81.8 Å². The lowest BCUT2D eigenvalue weighted by Crippen LogP contribution is -2.43. The van der Waals surface area contributed by atoms with Crippen LogP contribution in [0.25, 0.3) is 0 Å². The Kier molecular flexibility index (Phi) is 6.89. The van der Waals surface area contributed by atoms with Crippen LogP contribution in [-0.2, 0) is 4.79 Å². The Bertz CT molecular complexity index is 843. The molecule has 0 saturated carbocycles. The normalized spacial score (nSPS) is 14.3. The smallest absolute Gasteiger partial charge is 0.321 e. The number of amides is 4. The molecule has 0 atom stereocenters. The number of thiophene rings is 1. The minimum absolute atomic E-state index is 0.0522. The SMILES string of the molecule is O=C(NCC(=O)N1CCCN(C(=O)Nc2cccc(Cl)c2)CC1)c1ccsc1. The van der Waals surface area contributed by atoms with Gasteiger partial charge in [-0.2, -0.15) is 11.3 Å². The van der Waals surface area contributed by atoms with Crippen molar-refractivity contribution < 1.29 is 14.4 Å². The summed E-state index contributed by atoms with van der Waals surface area (Å²) in [6, 6.07) is 8.46. The van der Waals surface area contributed by atoms with Crippen molar-refractivity contribution in [1.82, 2.24) is 15.1 Å². The molecule has 2 heterocycles. The Labute approximate surface area is 172 Å². The number of carbonyl (C=O) groups is 3. The first-order valence-corrected chi connectivity index (χ1v) is 10.2. The van der Waals surface area contributed by atoms with Gasteiger partial charge in [-0.05, 0) is 36.1 Å². The van der Waals surface area contributed by atoms with Gasteiger partial charge in [-0.3, -0.25) is 9.59 Å². The lowest BCUT2D eigenvalue weighted by atomic mass is 10.3. The molecule has 7 nitrogen and oxygen atoms in total. The van der Waals surface area contributed by atoms with E-state index in [-0.39, 0.29) is 24.4 Å². The molecule has 0 aliphatic carbocycles. The van der Waals surface area contributed by atoms with Crippen molar-refractivity contribution in [3.63, 3.8) is 0 Å². The molecule has 0 radical (unpaired) electrons. The Morgan fingerprint density at radius 2 is 1.86 bits per heavy atom. The second-order valence-corrected chi connectivity index (χ2v) is 7.57. The van der Waals surface area contributed by atoms with Gasteiger partial charge in [-0.15, -0.1) is 0 Å². The molecular formula is C19H21ClN4O3S. The highest BCUT2D eigenvalue weighted by molar-refractivity contribution is 7.08. The average molecular weight is 421 g/mol. The zero-order valence-corrected chi connectivity index (χ0v) is 16.8. The van der Waals surface area contributed by atoms with Gasteiger partial charge in [0.1, 0.15) is 0 Å². The quantitative estimate of drug-likeness (QED) is 0.797. The molecule has 1 saturated heterocycles. The predicted molar refractivity (Wildman–Crippen MR) is 110 cm³/mol. The first-order chi connectivity index (χ1) is 13.5. The van der Waals surface area contributed by atoms with E-state index in [2.05, 4.69) is 10.6 Å². The number of hydrogen-bond acceptors (Lipinski definition) is 4. The van der Waals surface area contributed by atoms with E-state index in [4.69, 9.17) is 11.6 Å². The summed E-state index contributed by atoms with van der Waals surface area (Å²) in [5.74, 6) is -0.410. The van der Waals surface area contributed by atoms with Gasteiger partial charge in [-0.25, -0.2) is 4.79 Å². The average Bonchev–Trinajstić information content (AvgIpc) is 3.10. The lowest BCUT2D eigenvalue weighted by Gasteiger charge is -2.22. The van der Waals surface area contributed by atoms with Gasteiger partial charge in [0, 0.05) is 47.8 Å². The van der Waals surface area contributed by atoms with Crippen molar-refractivity contribution in [2.75, 3.05) is 38.0 Å². The van der Waals surface area contributed by atoms with E-state index in [1.54, 1.807) is 45.5 Å². The number of hydrogen-bond donors (Lipinski definition) is 2. The van der Waals surface area contributed by atoms with Gasteiger partial charge in [0.2, 0.25) is 5.91 Å². The standard InChI is InChI=1S/C19H21ClN4O3S/c20-15-3-1-4-16(11-15)22-19(27)24-7-2-6-23(8-9-24)17(25)12-21-18(26)14-5-10-28-13-14/h1,3-5,10-11,13H,2,6-9,12H2,(H,21,26)(H,22,27). The maximum atomic E-state index is 12.5. The number of urea groups is 1. The Hall–Kier alpha value is -2.58. The summed E-state index contributed by atoms with van der Waals surface area (Å²) < 4.78 is 0.